The summed E-state index contributed by atoms with van der Waals surface area (Å²) < 4.78 is 17.9. The van der Waals surface area contributed by atoms with Gasteiger partial charge in [0.2, 0.25) is 5.95 Å². The highest BCUT2D eigenvalue weighted by Crippen LogP contribution is 2.16. The molecule has 4 nitrogen and oxygen atoms in total. The first-order valence-corrected chi connectivity index (χ1v) is 6.10. The molecule has 1 rings (SSSR count). The third kappa shape index (κ3) is 6.20. The Labute approximate surface area is 116 Å². The molecule has 0 saturated heterocycles. The van der Waals surface area contributed by atoms with Gasteiger partial charge in [-0.3, -0.25) is 0 Å². The standard InChI is InChI=1S/C13H16ClFN2O2/c1-13(2,3)19-12(18)16-6-4-5-9-7-11(15)17-8-10(9)14/h4-5,7-8H,6H2,1-3H3,(H,16,18). The highest BCUT2D eigenvalue weighted by molar-refractivity contribution is 6.31. The van der Waals surface area contributed by atoms with Gasteiger partial charge in [0, 0.05) is 18.8 Å². The molecule has 6 heteroatoms. The average Bonchev–Trinajstić information content (AvgIpc) is 2.26. The van der Waals surface area contributed by atoms with Gasteiger partial charge in [0.15, 0.2) is 0 Å². The van der Waals surface area contributed by atoms with Crippen molar-refractivity contribution in [1.29, 1.82) is 0 Å². The summed E-state index contributed by atoms with van der Waals surface area (Å²) in [5.41, 5.74) is -0.0362. The molecule has 1 aromatic rings. The Kier molecular flexibility index (Phi) is 5.30. The number of alkyl carbamates (subject to hydrolysis) is 1. The minimum absolute atomic E-state index is 0.259. The molecule has 0 unspecified atom stereocenters. The lowest BCUT2D eigenvalue weighted by Gasteiger charge is -2.19. The van der Waals surface area contributed by atoms with Crippen molar-refractivity contribution < 1.29 is 13.9 Å². The Bertz CT molecular complexity index is 484. The van der Waals surface area contributed by atoms with Crippen LogP contribution in [0.15, 0.2) is 18.3 Å². The van der Waals surface area contributed by atoms with E-state index in [0.29, 0.717) is 10.6 Å². The number of nitrogens with one attached hydrogen (secondary N) is 1. The maximum atomic E-state index is 12.9. The molecular formula is C13H16ClFN2O2. The summed E-state index contributed by atoms with van der Waals surface area (Å²) in [6.07, 6.45) is 3.97. The zero-order valence-electron chi connectivity index (χ0n) is 11.0. The zero-order chi connectivity index (χ0) is 14.5. The van der Waals surface area contributed by atoms with E-state index in [9.17, 15) is 9.18 Å². The summed E-state index contributed by atoms with van der Waals surface area (Å²) in [4.78, 5) is 14.7. The number of carbonyl (C=O) groups is 1. The fourth-order valence-electron chi connectivity index (χ4n) is 1.20. The van der Waals surface area contributed by atoms with Gasteiger partial charge in [-0.05, 0) is 26.3 Å². The molecule has 0 atom stereocenters. The van der Waals surface area contributed by atoms with E-state index in [4.69, 9.17) is 16.3 Å². The van der Waals surface area contributed by atoms with Gasteiger partial charge in [-0.2, -0.15) is 4.39 Å². The molecule has 0 aromatic carbocycles. The van der Waals surface area contributed by atoms with Crippen LogP contribution in [0.4, 0.5) is 9.18 Å². The normalized spacial score (nSPS) is 11.6. The first kappa shape index (κ1) is 15.4. The maximum absolute atomic E-state index is 12.9. The van der Waals surface area contributed by atoms with Crippen LogP contribution < -0.4 is 5.32 Å². The van der Waals surface area contributed by atoms with Crippen molar-refractivity contribution in [3.05, 3.63) is 34.9 Å². The predicted molar refractivity (Wildman–Crippen MR) is 72.5 cm³/mol. The monoisotopic (exact) mass is 286 g/mol. The fourth-order valence-corrected chi connectivity index (χ4v) is 1.36. The van der Waals surface area contributed by atoms with Crippen molar-refractivity contribution in [3.8, 4) is 0 Å². The summed E-state index contributed by atoms with van der Waals surface area (Å²) in [5, 5.41) is 2.89. The quantitative estimate of drug-likeness (QED) is 0.866. The maximum Gasteiger partial charge on any atom is 0.407 e. The molecular weight excluding hydrogens is 271 g/mol. The molecule has 0 aliphatic heterocycles. The highest BCUT2D eigenvalue weighted by Gasteiger charge is 2.14. The van der Waals surface area contributed by atoms with Crippen molar-refractivity contribution in [3.63, 3.8) is 0 Å². The molecule has 104 valence electrons. The van der Waals surface area contributed by atoms with Gasteiger partial charge in [0.25, 0.3) is 0 Å². The number of nitrogens with zero attached hydrogens (tertiary/aromatic N) is 1. The molecule has 1 N–H and O–H groups in total. The van der Waals surface area contributed by atoms with Gasteiger partial charge in [-0.15, -0.1) is 0 Å². The molecule has 0 spiro atoms. The minimum atomic E-state index is -0.607. The number of aromatic nitrogens is 1. The topological polar surface area (TPSA) is 51.2 Å². The van der Waals surface area contributed by atoms with Crippen LogP contribution >= 0.6 is 11.6 Å². The van der Waals surface area contributed by atoms with E-state index >= 15 is 0 Å². The lowest BCUT2D eigenvalue weighted by molar-refractivity contribution is 0.0534. The Hall–Kier alpha value is -1.62. The van der Waals surface area contributed by atoms with E-state index in [2.05, 4.69) is 10.3 Å². The van der Waals surface area contributed by atoms with Gasteiger partial charge in [0.1, 0.15) is 5.60 Å². The largest absolute Gasteiger partial charge is 0.444 e. The van der Waals surface area contributed by atoms with E-state index in [1.807, 2.05) is 0 Å². The number of amides is 1. The highest BCUT2D eigenvalue weighted by atomic mass is 35.5. The molecule has 0 aliphatic carbocycles. The van der Waals surface area contributed by atoms with Gasteiger partial charge in [0.05, 0.1) is 5.02 Å². The average molecular weight is 287 g/mol. The summed E-state index contributed by atoms with van der Waals surface area (Å²) in [7, 11) is 0. The third-order valence-electron chi connectivity index (χ3n) is 1.91. The van der Waals surface area contributed by atoms with Crippen LogP contribution in [-0.2, 0) is 4.74 Å². The van der Waals surface area contributed by atoms with Crippen molar-refractivity contribution in [1.82, 2.24) is 10.3 Å². The molecule has 1 amide bonds. The Balaban J connectivity index is 2.47. The van der Waals surface area contributed by atoms with Crippen LogP contribution in [0.25, 0.3) is 6.08 Å². The molecule has 1 heterocycles. The van der Waals surface area contributed by atoms with Crippen molar-refractivity contribution in [2.45, 2.75) is 26.4 Å². The Morgan fingerprint density at radius 3 is 2.89 bits per heavy atom. The van der Waals surface area contributed by atoms with Crippen molar-refractivity contribution >= 4 is 23.8 Å². The second kappa shape index (κ2) is 6.52. The summed E-state index contributed by atoms with van der Waals surface area (Å²) >= 11 is 5.83. The Morgan fingerprint density at radius 1 is 1.58 bits per heavy atom. The predicted octanol–water partition coefficient (Wildman–Crippen LogP) is 3.41. The number of hydrogen-bond acceptors (Lipinski definition) is 3. The first-order chi connectivity index (χ1) is 8.78. The van der Waals surface area contributed by atoms with Crippen molar-refractivity contribution in [2.75, 3.05) is 6.54 Å². The zero-order valence-corrected chi connectivity index (χ0v) is 11.8. The van der Waals surface area contributed by atoms with Crippen LogP contribution in [0.3, 0.4) is 0 Å². The molecule has 0 fully saturated rings. The van der Waals surface area contributed by atoms with E-state index in [1.54, 1.807) is 32.9 Å². The Morgan fingerprint density at radius 2 is 2.26 bits per heavy atom. The molecule has 0 bridgehead atoms. The SMILES string of the molecule is CC(C)(C)OC(=O)NCC=Cc1cc(F)ncc1Cl. The van der Waals surface area contributed by atoms with Gasteiger partial charge in [-0.25, -0.2) is 9.78 Å². The lowest BCUT2D eigenvalue weighted by atomic mass is 10.2. The van der Waals surface area contributed by atoms with Gasteiger partial charge < -0.3 is 10.1 Å². The van der Waals surface area contributed by atoms with Crippen LogP contribution in [0, 0.1) is 5.95 Å². The summed E-state index contributed by atoms with van der Waals surface area (Å²) in [5.74, 6) is -0.607. The number of hydrogen-bond donors (Lipinski definition) is 1. The summed E-state index contributed by atoms with van der Waals surface area (Å²) in [6, 6.07) is 1.21. The van der Waals surface area contributed by atoms with Crippen molar-refractivity contribution in [2.24, 2.45) is 0 Å². The number of ether oxygens (including phenoxy) is 1. The minimum Gasteiger partial charge on any atom is -0.444 e. The van der Waals surface area contributed by atoms with E-state index in [0.717, 1.165) is 0 Å². The smallest absolute Gasteiger partial charge is 0.407 e. The number of carbonyl (C=O) groups excluding carboxylic acids is 1. The molecule has 0 saturated carbocycles. The fraction of sp³-hybridized carbons (Fsp3) is 0.385. The second-order valence-corrected chi connectivity index (χ2v) is 5.22. The molecule has 19 heavy (non-hydrogen) atoms. The number of pyridine rings is 1. The summed E-state index contributed by atoms with van der Waals surface area (Å²) in [6.45, 7) is 5.60. The third-order valence-corrected chi connectivity index (χ3v) is 2.23. The number of halogens is 2. The van der Waals surface area contributed by atoms with Crippen LogP contribution in [0.2, 0.25) is 5.02 Å². The van der Waals surface area contributed by atoms with Gasteiger partial charge in [-0.1, -0.05) is 23.8 Å². The van der Waals surface area contributed by atoms with E-state index < -0.39 is 17.6 Å². The first-order valence-electron chi connectivity index (χ1n) is 5.72. The number of rotatable bonds is 3. The van der Waals surface area contributed by atoms with Crippen LogP contribution in [-0.4, -0.2) is 23.2 Å². The second-order valence-electron chi connectivity index (χ2n) is 4.81. The van der Waals surface area contributed by atoms with Crippen LogP contribution in [0.5, 0.6) is 0 Å². The van der Waals surface area contributed by atoms with E-state index in [-0.39, 0.29) is 6.54 Å². The lowest BCUT2D eigenvalue weighted by Crippen LogP contribution is -2.32. The van der Waals surface area contributed by atoms with Gasteiger partial charge >= 0.3 is 6.09 Å². The molecule has 0 aliphatic rings. The molecule has 0 radical (unpaired) electrons. The van der Waals surface area contributed by atoms with E-state index in [1.165, 1.54) is 12.3 Å². The van der Waals surface area contributed by atoms with Crippen LogP contribution in [0.1, 0.15) is 26.3 Å². The molecule has 1 aromatic heterocycles.